The molecule has 0 aliphatic carbocycles. The molecule has 5 nitrogen and oxygen atoms in total. The molecule has 0 aliphatic heterocycles. The predicted octanol–water partition coefficient (Wildman–Crippen LogP) is 6.21. The van der Waals surface area contributed by atoms with Crippen LogP contribution in [0.15, 0.2) is 77.7 Å². The van der Waals surface area contributed by atoms with E-state index >= 15 is 0 Å². The van der Waals surface area contributed by atoms with Gasteiger partial charge in [0.05, 0.1) is 11.1 Å². The molecular weight excluding hydrogens is 460 g/mol. The molecule has 1 heterocycles. The Hall–Kier alpha value is -3.70. The molecule has 1 aromatic heterocycles. The van der Waals surface area contributed by atoms with Gasteiger partial charge in [0.15, 0.2) is 5.78 Å². The number of halogens is 1. The van der Waals surface area contributed by atoms with E-state index in [-0.39, 0.29) is 18.0 Å². The number of carbonyl (C=O) groups excluding carboxylic acids is 2. The average Bonchev–Trinajstić information content (AvgIpc) is 2.85. The monoisotopic (exact) mass is 486 g/mol. The molecule has 0 aliphatic rings. The molecule has 0 saturated heterocycles. The number of amides is 1. The zero-order valence-electron chi connectivity index (χ0n) is 20.0. The fourth-order valence-electron chi connectivity index (χ4n) is 4.02. The van der Waals surface area contributed by atoms with Crippen molar-refractivity contribution in [3.63, 3.8) is 0 Å². The Labute approximate surface area is 209 Å². The number of pyridine rings is 1. The van der Waals surface area contributed by atoms with E-state index in [4.69, 9.17) is 11.6 Å². The second-order valence-electron chi connectivity index (χ2n) is 8.87. The molecule has 1 amide bonds. The number of nitrogens with zero attached hydrogens (tertiary/aromatic N) is 1. The Morgan fingerprint density at radius 1 is 0.971 bits per heavy atom. The summed E-state index contributed by atoms with van der Waals surface area (Å²) in [6, 6.07) is 19.8. The highest BCUT2D eigenvalue weighted by molar-refractivity contribution is 6.31. The van der Waals surface area contributed by atoms with E-state index in [0.717, 1.165) is 12.0 Å². The molecular formula is C29H27ClN2O3. The van der Waals surface area contributed by atoms with Gasteiger partial charge in [-0.05, 0) is 53.8 Å². The van der Waals surface area contributed by atoms with E-state index < -0.39 is 11.2 Å². The van der Waals surface area contributed by atoms with E-state index in [1.807, 2.05) is 43.3 Å². The van der Waals surface area contributed by atoms with Crippen LogP contribution in [0.1, 0.15) is 53.7 Å². The van der Waals surface area contributed by atoms with Crippen molar-refractivity contribution in [3.8, 4) is 0 Å². The zero-order valence-corrected chi connectivity index (χ0v) is 20.7. The van der Waals surface area contributed by atoms with Gasteiger partial charge in [0.1, 0.15) is 6.54 Å². The lowest BCUT2D eigenvalue weighted by Gasteiger charge is -2.14. The van der Waals surface area contributed by atoms with Gasteiger partial charge in [0.25, 0.3) is 0 Å². The number of hydrogen-bond acceptors (Lipinski definition) is 3. The lowest BCUT2D eigenvalue weighted by Crippen LogP contribution is -2.24. The van der Waals surface area contributed by atoms with Crippen LogP contribution in [-0.4, -0.2) is 16.3 Å². The summed E-state index contributed by atoms with van der Waals surface area (Å²) in [6.07, 6.45) is 2.32. The van der Waals surface area contributed by atoms with Gasteiger partial charge in [-0.3, -0.25) is 14.4 Å². The van der Waals surface area contributed by atoms with Gasteiger partial charge in [0.2, 0.25) is 11.3 Å². The van der Waals surface area contributed by atoms with Crippen molar-refractivity contribution in [2.24, 2.45) is 0 Å². The van der Waals surface area contributed by atoms with Crippen molar-refractivity contribution >= 4 is 39.9 Å². The van der Waals surface area contributed by atoms with Crippen LogP contribution in [0.5, 0.6) is 0 Å². The molecule has 0 unspecified atom stereocenters. The summed E-state index contributed by atoms with van der Waals surface area (Å²) in [7, 11) is 0. The average molecular weight is 487 g/mol. The number of aryl methyl sites for hydroxylation is 1. The summed E-state index contributed by atoms with van der Waals surface area (Å²) in [6.45, 7) is 6.18. The SMILES string of the molecule is CCc1ccc(C(=O)c2cn(CC(=O)Nc3ccc(C(C)C)cc3)c3ccc(Cl)cc3c2=O)cc1. The molecule has 0 fully saturated rings. The number of ketones is 1. The van der Waals surface area contributed by atoms with Crippen LogP contribution in [0.2, 0.25) is 5.02 Å². The highest BCUT2D eigenvalue weighted by atomic mass is 35.5. The normalized spacial score (nSPS) is 11.1. The van der Waals surface area contributed by atoms with E-state index in [1.165, 1.54) is 17.8 Å². The maximum atomic E-state index is 13.3. The van der Waals surface area contributed by atoms with E-state index in [9.17, 15) is 14.4 Å². The third kappa shape index (κ3) is 5.36. The smallest absolute Gasteiger partial charge is 0.244 e. The van der Waals surface area contributed by atoms with Gasteiger partial charge in [0, 0.05) is 27.9 Å². The third-order valence-electron chi connectivity index (χ3n) is 6.09. The second-order valence-corrected chi connectivity index (χ2v) is 9.30. The standard InChI is InChI=1S/C29H27ClN2O3/c1-4-19-5-7-21(8-6-19)28(34)25-16-32(26-14-11-22(30)15-24(26)29(25)35)17-27(33)31-23-12-9-20(10-13-23)18(2)3/h5-16,18H,4,17H2,1-3H3,(H,31,33). The van der Waals surface area contributed by atoms with Gasteiger partial charge in [-0.1, -0.05) is 68.8 Å². The number of rotatable bonds is 7. The molecule has 0 spiro atoms. The number of anilines is 1. The number of fused-ring (bicyclic) bond motifs is 1. The van der Waals surface area contributed by atoms with Gasteiger partial charge < -0.3 is 9.88 Å². The van der Waals surface area contributed by atoms with Crippen LogP contribution in [0.3, 0.4) is 0 Å². The first-order valence-corrected chi connectivity index (χ1v) is 12.0. The van der Waals surface area contributed by atoms with Crippen molar-refractivity contribution < 1.29 is 9.59 Å². The molecule has 0 atom stereocenters. The van der Waals surface area contributed by atoms with Crippen LogP contribution < -0.4 is 10.7 Å². The van der Waals surface area contributed by atoms with Crippen LogP contribution in [0.4, 0.5) is 5.69 Å². The maximum Gasteiger partial charge on any atom is 0.244 e. The summed E-state index contributed by atoms with van der Waals surface area (Å²) in [5.74, 6) is -0.265. The molecule has 4 rings (SSSR count). The number of benzene rings is 3. The highest BCUT2D eigenvalue weighted by Gasteiger charge is 2.19. The highest BCUT2D eigenvalue weighted by Crippen LogP contribution is 2.20. The van der Waals surface area contributed by atoms with Crippen LogP contribution >= 0.6 is 11.6 Å². The number of aromatic nitrogens is 1. The Morgan fingerprint density at radius 2 is 1.66 bits per heavy atom. The lowest BCUT2D eigenvalue weighted by atomic mass is 10.0. The van der Waals surface area contributed by atoms with Crippen molar-refractivity contribution in [1.82, 2.24) is 4.57 Å². The molecule has 0 bridgehead atoms. The summed E-state index contributed by atoms with van der Waals surface area (Å²) >= 11 is 6.16. The van der Waals surface area contributed by atoms with Crippen molar-refractivity contribution in [1.29, 1.82) is 0 Å². The summed E-state index contributed by atoms with van der Waals surface area (Å²) in [5.41, 5.74) is 3.50. The van der Waals surface area contributed by atoms with Crippen LogP contribution in [-0.2, 0) is 17.8 Å². The van der Waals surface area contributed by atoms with Gasteiger partial charge in [-0.25, -0.2) is 0 Å². The Bertz CT molecular complexity index is 1450. The van der Waals surface area contributed by atoms with Crippen molar-refractivity contribution in [3.05, 3.63) is 110 Å². The molecule has 3 aromatic carbocycles. The third-order valence-corrected chi connectivity index (χ3v) is 6.32. The summed E-state index contributed by atoms with van der Waals surface area (Å²) in [5, 5.41) is 3.57. The van der Waals surface area contributed by atoms with Gasteiger partial charge in [-0.15, -0.1) is 0 Å². The zero-order chi connectivity index (χ0) is 25.1. The minimum atomic E-state index is -0.409. The molecule has 0 radical (unpaired) electrons. The van der Waals surface area contributed by atoms with Gasteiger partial charge >= 0.3 is 0 Å². The van der Waals surface area contributed by atoms with E-state index in [0.29, 0.717) is 33.1 Å². The van der Waals surface area contributed by atoms with E-state index in [2.05, 4.69) is 19.2 Å². The minimum Gasteiger partial charge on any atom is -0.337 e. The first-order valence-electron chi connectivity index (χ1n) is 11.6. The molecule has 178 valence electrons. The Morgan fingerprint density at radius 3 is 2.29 bits per heavy atom. The summed E-state index contributed by atoms with van der Waals surface area (Å²) < 4.78 is 1.62. The Kier molecular flexibility index (Phi) is 7.17. The quantitative estimate of drug-likeness (QED) is 0.316. The van der Waals surface area contributed by atoms with Crippen molar-refractivity contribution in [2.45, 2.75) is 39.7 Å². The Balaban J connectivity index is 1.69. The van der Waals surface area contributed by atoms with Gasteiger partial charge in [-0.2, -0.15) is 0 Å². The van der Waals surface area contributed by atoms with Crippen LogP contribution in [0.25, 0.3) is 10.9 Å². The van der Waals surface area contributed by atoms with Crippen LogP contribution in [0, 0.1) is 0 Å². The number of carbonyl (C=O) groups is 2. The second kappa shape index (κ2) is 10.3. The fraction of sp³-hybridized carbons (Fsp3) is 0.207. The first kappa shape index (κ1) is 24.4. The maximum absolute atomic E-state index is 13.3. The van der Waals surface area contributed by atoms with Crippen molar-refractivity contribution in [2.75, 3.05) is 5.32 Å². The summed E-state index contributed by atoms with van der Waals surface area (Å²) in [4.78, 5) is 39.4. The fourth-order valence-corrected chi connectivity index (χ4v) is 4.19. The molecule has 1 N–H and O–H groups in total. The minimum absolute atomic E-state index is 0.00176. The molecule has 35 heavy (non-hydrogen) atoms. The molecule has 4 aromatic rings. The topological polar surface area (TPSA) is 68.2 Å². The van der Waals surface area contributed by atoms with E-state index in [1.54, 1.807) is 28.8 Å². The number of hydrogen-bond donors (Lipinski definition) is 1. The number of nitrogens with one attached hydrogen (secondary N) is 1. The molecule has 6 heteroatoms. The lowest BCUT2D eigenvalue weighted by molar-refractivity contribution is -0.116. The molecule has 0 saturated carbocycles. The predicted molar refractivity (Wildman–Crippen MR) is 142 cm³/mol. The first-order chi connectivity index (χ1) is 16.8. The largest absolute Gasteiger partial charge is 0.337 e.